The van der Waals surface area contributed by atoms with Gasteiger partial charge in [0.25, 0.3) is 0 Å². The zero-order valence-electron chi connectivity index (χ0n) is 19.8. The molecule has 1 aromatic rings. The number of carbonyl (C=O) groups is 3. The molecule has 33 heavy (non-hydrogen) atoms. The van der Waals surface area contributed by atoms with E-state index in [1.54, 1.807) is 0 Å². The fourth-order valence-electron chi connectivity index (χ4n) is 5.93. The zero-order valence-corrected chi connectivity index (χ0v) is 19.8. The van der Waals surface area contributed by atoms with Gasteiger partial charge in [0.2, 0.25) is 17.7 Å². The van der Waals surface area contributed by atoms with Gasteiger partial charge < -0.3 is 25.4 Å². The number of amides is 3. The van der Waals surface area contributed by atoms with Gasteiger partial charge in [0, 0.05) is 12.6 Å². The van der Waals surface area contributed by atoms with E-state index >= 15 is 0 Å². The molecule has 8 heteroatoms. The highest BCUT2D eigenvalue weighted by Crippen LogP contribution is 2.59. The smallest absolute Gasteiger partial charge is 0.246 e. The van der Waals surface area contributed by atoms with E-state index in [0.717, 1.165) is 5.56 Å². The Morgan fingerprint density at radius 3 is 2.48 bits per heavy atom. The molecule has 3 aliphatic rings. The number of aliphatic hydroxyl groups excluding tert-OH is 1. The van der Waals surface area contributed by atoms with Crippen molar-refractivity contribution in [3.8, 4) is 0 Å². The third-order valence-corrected chi connectivity index (χ3v) is 7.34. The lowest BCUT2D eigenvalue weighted by atomic mass is 9.70. The summed E-state index contributed by atoms with van der Waals surface area (Å²) >= 11 is 0. The van der Waals surface area contributed by atoms with Crippen LogP contribution in [0.25, 0.3) is 0 Å². The van der Waals surface area contributed by atoms with Gasteiger partial charge in [-0.25, -0.2) is 0 Å². The number of fused-ring (bicyclic) bond motifs is 1. The summed E-state index contributed by atoms with van der Waals surface area (Å²) < 4.78 is 6.39. The van der Waals surface area contributed by atoms with Crippen LogP contribution in [0.1, 0.15) is 46.1 Å². The van der Waals surface area contributed by atoms with E-state index < -0.39 is 35.6 Å². The highest BCUT2D eigenvalue weighted by atomic mass is 16.5. The van der Waals surface area contributed by atoms with Crippen molar-refractivity contribution in [2.24, 2.45) is 17.8 Å². The average molecular weight is 458 g/mol. The lowest BCUT2D eigenvalue weighted by molar-refractivity contribution is -0.147. The number of hydrogen-bond acceptors (Lipinski definition) is 5. The van der Waals surface area contributed by atoms with Crippen LogP contribution in [0.5, 0.6) is 0 Å². The monoisotopic (exact) mass is 457 g/mol. The Morgan fingerprint density at radius 2 is 1.88 bits per heavy atom. The SMILES string of the molecule is CC(C)NC(=O)C1N([C@@H](CO)C(C)C)C(=O)[C@@H]2[C@H](C(=O)NCc3ccccc3)[C@@H]3CCC12O3. The van der Waals surface area contributed by atoms with Crippen molar-refractivity contribution < 1.29 is 24.2 Å². The topological polar surface area (TPSA) is 108 Å². The molecule has 6 atom stereocenters. The number of benzene rings is 1. The van der Waals surface area contributed by atoms with Crippen LogP contribution in [-0.4, -0.2) is 64.2 Å². The van der Waals surface area contributed by atoms with Crippen LogP contribution in [-0.2, 0) is 25.7 Å². The van der Waals surface area contributed by atoms with Crippen molar-refractivity contribution in [2.45, 2.75) is 76.9 Å². The van der Waals surface area contributed by atoms with Crippen molar-refractivity contribution in [3.05, 3.63) is 35.9 Å². The predicted octanol–water partition coefficient (Wildman–Crippen LogP) is 1.22. The number of nitrogens with one attached hydrogen (secondary N) is 2. The quantitative estimate of drug-likeness (QED) is 0.544. The Kier molecular flexibility index (Phi) is 6.51. The average Bonchev–Trinajstić information content (AvgIpc) is 3.40. The van der Waals surface area contributed by atoms with Crippen molar-refractivity contribution in [1.82, 2.24) is 15.5 Å². The maximum absolute atomic E-state index is 13.8. The molecule has 2 bridgehead atoms. The molecule has 2 unspecified atom stereocenters. The molecule has 3 aliphatic heterocycles. The molecule has 3 heterocycles. The standard InChI is InChI=1S/C25H35N3O5/c1-14(2)17(13-29)28-21(23(31)27-15(3)4)25-11-10-18(33-25)19(20(25)24(28)32)22(30)26-12-16-8-6-5-7-9-16/h5-9,14-15,17-21,29H,10-13H2,1-4H3,(H,26,30)(H,27,31)/t17-,18-,19+,20-,21?,25?/m0/s1. The summed E-state index contributed by atoms with van der Waals surface area (Å²) in [4.78, 5) is 42.1. The summed E-state index contributed by atoms with van der Waals surface area (Å²) in [5.74, 6) is -2.23. The molecule has 8 nitrogen and oxygen atoms in total. The van der Waals surface area contributed by atoms with E-state index in [1.165, 1.54) is 4.90 Å². The number of rotatable bonds is 8. The highest BCUT2D eigenvalue weighted by molar-refractivity contribution is 5.99. The number of nitrogens with zero attached hydrogens (tertiary/aromatic N) is 1. The van der Waals surface area contributed by atoms with Gasteiger partial charge in [-0.05, 0) is 38.2 Å². The number of carbonyl (C=O) groups excluding carboxylic acids is 3. The van der Waals surface area contributed by atoms with Gasteiger partial charge in [-0.1, -0.05) is 44.2 Å². The van der Waals surface area contributed by atoms with Gasteiger partial charge in [-0.2, -0.15) is 0 Å². The number of hydrogen-bond donors (Lipinski definition) is 3. The molecule has 0 saturated carbocycles. The van der Waals surface area contributed by atoms with Crippen molar-refractivity contribution in [3.63, 3.8) is 0 Å². The van der Waals surface area contributed by atoms with Crippen LogP contribution in [0.4, 0.5) is 0 Å². The summed E-state index contributed by atoms with van der Waals surface area (Å²) in [6.07, 6.45) is 0.773. The molecule has 3 fully saturated rings. The number of likely N-dealkylation sites (tertiary alicyclic amines) is 1. The minimum Gasteiger partial charge on any atom is -0.394 e. The Labute approximate surface area is 195 Å². The third kappa shape index (κ3) is 3.93. The van der Waals surface area contributed by atoms with Gasteiger partial charge in [-0.15, -0.1) is 0 Å². The predicted molar refractivity (Wildman–Crippen MR) is 122 cm³/mol. The Hall–Kier alpha value is -2.45. The first-order valence-electron chi connectivity index (χ1n) is 11.9. The largest absolute Gasteiger partial charge is 0.394 e. The molecular weight excluding hydrogens is 422 g/mol. The fourth-order valence-corrected chi connectivity index (χ4v) is 5.93. The first-order chi connectivity index (χ1) is 15.7. The first-order valence-corrected chi connectivity index (χ1v) is 11.9. The highest BCUT2D eigenvalue weighted by Gasteiger charge is 2.75. The third-order valence-electron chi connectivity index (χ3n) is 7.34. The molecule has 4 rings (SSSR count). The molecule has 3 saturated heterocycles. The van der Waals surface area contributed by atoms with Gasteiger partial charge in [0.1, 0.15) is 11.6 Å². The zero-order chi connectivity index (χ0) is 23.9. The summed E-state index contributed by atoms with van der Waals surface area (Å²) in [7, 11) is 0. The van der Waals surface area contributed by atoms with Crippen molar-refractivity contribution in [1.29, 1.82) is 0 Å². The Balaban J connectivity index is 1.66. The number of ether oxygens (including phenoxy) is 1. The van der Waals surface area contributed by atoms with Gasteiger partial charge in [0.05, 0.1) is 30.6 Å². The second-order valence-electron chi connectivity index (χ2n) is 10.2. The van der Waals surface area contributed by atoms with Crippen LogP contribution in [0.2, 0.25) is 0 Å². The fraction of sp³-hybridized carbons (Fsp3) is 0.640. The molecule has 0 radical (unpaired) electrons. The summed E-state index contributed by atoms with van der Waals surface area (Å²) in [6, 6.07) is 8.09. The molecule has 3 amide bonds. The summed E-state index contributed by atoms with van der Waals surface area (Å²) in [5.41, 5.74) is -0.0732. The van der Waals surface area contributed by atoms with Gasteiger partial charge in [0.15, 0.2) is 0 Å². The first kappa shape index (κ1) is 23.7. The van der Waals surface area contributed by atoms with E-state index in [-0.39, 0.29) is 36.3 Å². The minimum atomic E-state index is -1.04. The number of aliphatic hydroxyl groups is 1. The molecule has 3 N–H and O–H groups in total. The normalized spacial score (nSPS) is 31.2. The molecule has 180 valence electrons. The van der Waals surface area contributed by atoms with Crippen LogP contribution in [0.15, 0.2) is 30.3 Å². The van der Waals surface area contributed by atoms with Gasteiger partial charge >= 0.3 is 0 Å². The minimum absolute atomic E-state index is 0.0638. The summed E-state index contributed by atoms with van der Waals surface area (Å²) in [5, 5.41) is 16.0. The van der Waals surface area contributed by atoms with Gasteiger partial charge in [-0.3, -0.25) is 14.4 Å². The second kappa shape index (κ2) is 9.06. The van der Waals surface area contributed by atoms with E-state index in [2.05, 4.69) is 10.6 Å². The van der Waals surface area contributed by atoms with E-state index in [0.29, 0.717) is 19.4 Å². The molecule has 1 aromatic carbocycles. The van der Waals surface area contributed by atoms with E-state index in [9.17, 15) is 19.5 Å². The van der Waals surface area contributed by atoms with E-state index in [4.69, 9.17) is 4.74 Å². The second-order valence-corrected chi connectivity index (χ2v) is 10.2. The molecule has 0 aliphatic carbocycles. The van der Waals surface area contributed by atoms with Crippen molar-refractivity contribution >= 4 is 17.7 Å². The van der Waals surface area contributed by atoms with Crippen molar-refractivity contribution in [2.75, 3.05) is 6.61 Å². The van der Waals surface area contributed by atoms with Crippen LogP contribution in [0, 0.1) is 17.8 Å². The molecular formula is C25H35N3O5. The Morgan fingerprint density at radius 1 is 1.18 bits per heavy atom. The molecule has 0 aromatic heterocycles. The Bertz CT molecular complexity index is 905. The lowest BCUT2D eigenvalue weighted by Gasteiger charge is -2.38. The maximum atomic E-state index is 13.8. The summed E-state index contributed by atoms with van der Waals surface area (Å²) in [6.45, 7) is 7.67. The molecule has 1 spiro atoms. The van der Waals surface area contributed by atoms with E-state index in [1.807, 2.05) is 58.0 Å². The maximum Gasteiger partial charge on any atom is 0.246 e. The van der Waals surface area contributed by atoms with Crippen LogP contribution >= 0.6 is 0 Å². The van der Waals surface area contributed by atoms with Crippen LogP contribution in [0.3, 0.4) is 0 Å². The van der Waals surface area contributed by atoms with Crippen LogP contribution < -0.4 is 10.6 Å². The lowest BCUT2D eigenvalue weighted by Crippen LogP contribution is -2.59.